The van der Waals surface area contributed by atoms with E-state index in [2.05, 4.69) is 0 Å². The molecule has 1 aromatic carbocycles. The van der Waals surface area contributed by atoms with Gasteiger partial charge in [0.15, 0.2) is 9.84 Å². The molecular weight excluding hydrogens is 294 g/mol. The monoisotopic (exact) mass is 309 g/mol. The largest absolute Gasteiger partial charge is 0.447 e. The van der Waals surface area contributed by atoms with Crippen molar-refractivity contribution in [2.45, 2.75) is 12.5 Å². The minimum Gasteiger partial charge on any atom is -0.447 e. The second-order valence-electron chi connectivity index (χ2n) is 4.81. The maximum absolute atomic E-state index is 11.8. The van der Waals surface area contributed by atoms with Gasteiger partial charge in [0.1, 0.15) is 0 Å². The summed E-state index contributed by atoms with van der Waals surface area (Å²) in [5.41, 5.74) is 5.72. The number of allylic oxidation sites excluding steroid dienone is 1. The predicted molar refractivity (Wildman–Crippen MR) is 75.5 cm³/mol. The summed E-state index contributed by atoms with van der Waals surface area (Å²) in [4.78, 5) is 23.3. The number of hydrogen-bond acceptors (Lipinski definition) is 5. The highest BCUT2D eigenvalue weighted by molar-refractivity contribution is 7.94. The molecule has 1 aromatic rings. The van der Waals surface area contributed by atoms with E-state index in [-0.39, 0.29) is 12.2 Å². The van der Waals surface area contributed by atoms with Crippen LogP contribution >= 0.6 is 0 Å². The maximum atomic E-state index is 11.8. The molecule has 6 nitrogen and oxygen atoms in total. The molecule has 1 aliphatic heterocycles. The molecule has 2 atom stereocenters. The Kier molecular flexibility index (Phi) is 4.42. The van der Waals surface area contributed by atoms with Crippen LogP contribution in [0.4, 0.5) is 0 Å². The summed E-state index contributed by atoms with van der Waals surface area (Å²) in [6, 6.07) is 8.42. The third kappa shape index (κ3) is 4.16. The number of hydrogen-bond donors (Lipinski definition) is 1. The number of benzene rings is 1. The van der Waals surface area contributed by atoms with Crippen molar-refractivity contribution in [3.05, 3.63) is 47.4 Å². The average Bonchev–Trinajstić information content (AvgIpc) is 2.76. The molecule has 2 rings (SSSR count). The molecule has 0 fully saturated rings. The van der Waals surface area contributed by atoms with Gasteiger partial charge in [0.25, 0.3) is 5.91 Å². The third-order valence-corrected chi connectivity index (χ3v) is 4.51. The van der Waals surface area contributed by atoms with Crippen molar-refractivity contribution >= 4 is 21.7 Å². The highest BCUT2D eigenvalue weighted by atomic mass is 32.2. The zero-order valence-electron chi connectivity index (χ0n) is 11.1. The van der Waals surface area contributed by atoms with Crippen LogP contribution in [-0.2, 0) is 24.2 Å². The first-order valence-electron chi connectivity index (χ1n) is 6.32. The Hall–Kier alpha value is -2.15. The average molecular weight is 309 g/mol. The lowest BCUT2D eigenvalue weighted by molar-refractivity contribution is -0.155. The fourth-order valence-electron chi connectivity index (χ4n) is 2.08. The Balaban J connectivity index is 2.00. The molecule has 1 amide bonds. The second-order valence-corrected chi connectivity index (χ2v) is 6.74. The van der Waals surface area contributed by atoms with Crippen LogP contribution in [0.2, 0.25) is 0 Å². The molecule has 1 heterocycles. The van der Waals surface area contributed by atoms with Crippen LogP contribution in [0.1, 0.15) is 18.1 Å². The lowest BCUT2D eigenvalue weighted by Gasteiger charge is -2.16. The molecule has 0 aromatic heterocycles. The summed E-state index contributed by atoms with van der Waals surface area (Å²) in [5.74, 6) is -1.97. The molecule has 7 heteroatoms. The first-order valence-corrected chi connectivity index (χ1v) is 8.03. The Bertz CT molecular complexity index is 666. The van der Waals surface area contributed by atoms with Gasteiger partial charge in [0.2, 0.25) is 6.10 Å². The minimum atomic E-state index is -3.22. The van der Waals surface area contributed by atoms with Crippen molar-refractivity contribution in [2.24, 2.45) is 11.7 Å². The molecule has 0 saturated carbocycles. The first-order chi connectivity index (χ1) is 9.87. The SMILES string of the molecule is NC(=O)C(OC(=O)CC1C=CS(=O)(=O)C1)c1ccccc1. The number of carbonyl (C=O) groups is 2. The van der Waals surface area contributed by atoms with Crippen LogP contribution in [0.25, 0.3) is 0 Å². The molecule has 2 unspecified atom stereocenters. The van der Waals surface area contributed by atoms with E-state index >= 15 is 0 Å². The molecule has 2 N–H and O–H groups in total. The summed E-state index contributed by atoms with van der Waals surface area (Å²) < 4.78 is 27.6. The summed E-state index contributed by atoms with van der Waals surface area (Å²) in [6.07, 6.45) is 0.186. The Labute approximate surface area is 122 Å². The predicted octanol–water partition coefficient (Wildman–Crippen LogP) is 0.705. The van der Waals surface area contributed by atoms with Gasteiger partial charge in [-0.25, -0.2) is 8.42 Å². The number of rotatable bonds is 5. The molecule has 0 radical (unpaired) electrons. The lowest BCUT2D eigenvalue weighted by atomic mass is 10.1. The molecule has 0 saturated heterocycles. The Morgan fingerprint density at radius 2 is 1.95 bits per heavy atom. The fourth-order valence-corrected chi connectivity index (χ4v) is 3.48. The fraction of sp³-hybridized carbons (Fsp3) is 0.286. The van der Waals surface area contributed by atoms with Crippen molar-refractivity contribution in [3.8, 4) is 0 Å². The number of sulfone groups is 1. The van der Waals surface area contributed by atoms with Crippen molar-refractivity contribution < 1.29 is 22.7 Å². The van der Waals surface area contributed by atoms with E-state index in [1.807, 2.05) is 0 Å². The number of primary amides is 1. The number of nitrogens with two attached hydrogens (primary N) is 1. The second kappa shape index (κ2) is 6.09. The number of amides is 1. The van der Waals surface area contributed by atoms with E-state index in [1.54, 1.807) is 30.3 Å². The summed E-state index contributed by atoms with van der Waals surface area (Å²) in [6.45, 7) is 0. The van der Waals surface area contributed by atoms with Crippen LogP contribution in [0.15, 0.2) is 41.8 Å². The van der Waals surface area contributed by atoms with E-state index < -0.39 is 33.7 Å². The maximum Gasteiger partial charge on any atom is 0.307 e. The lowest BCUT2D eigenvalue weighted by Crippen LogP contribution is -2.27. The van der Waals surface area contributed by atoms with Crippen LogP contribution in [0.3, 0.4) is 0 Å². The molecule has 1 aliphatic rings. The molecule has 0 aliphatic carbocycles. The molecular formula is C14H15NO5S. The normalized spacial score (nSPS) is 20.9. The van der Waals surface area contributed by atoms with Gasteiger partial charge in [-0.05, 0) is 0 Å². The van der Waals surface area contributed by atoms with E-state index in [9.17, 15) is 18.0 Å². The first kappa shape index (κ1) is 15.2. The van der Waals surface area contributed by atoms with Crippen LogP contribution in [0, 0.1) is 5.92 Å². The third-order valence-electron chi connectivity index (χ3n) is 3.04. The van der Waals surface area contributed by atoms with E-state index in [0.29, 0.717) is 5.56 Å². The van der Waals surface area contributed by atoms with E-state index in [4.69, 9.17) is 10.5 Å². The zero-order chi connectivity index (χ0) is 15.5. The van der Waals surface area contributed by atoms with Crippen molar-refractivity contribution in [1.82, 2.24) is 0 Å². The molecule has 0 spiro atoms. The van der Waals surface area contributed by atoms with Crippen LogP contribution in [0.5, 0.6) is 0 Å². The van der Waals surface area contributed by atoms with Gasteiger partial charge >= 0.3 is 5.97 Å². The zero-order valence-corrected chi connectivity index (χ0v) is 12.0. The van der Waals surface area contributed by atoms with Crippen molar-refractivity contribution in [2.75, 3.05) is 5.75 Å². The van der Waals surface area contributed by atoms with E-state index in [0.717, 1.165) is 5.41 Å². The van der Waals surface area contributed by atoms with Crippen LogP contribution < -0.4 is 5.73 Å². The number of carbonyl (C=O) groups excluding carboxylic acids is 2. The highest BCUT2D eigenvalue weighted by Crippen LogP contribution is 2.22. The van der Waals surface area contributed by atoms with Gasteiger partial charge in [0.05, 0.1) is 12.2 Å². The van der Waals surface area contributed by atoms with Gasteiger partial charge in [-0.3, -0.25) is 9.59 Å². The van der Waals surface area contributed by atoms with Gasteiger partial charge in [-0.1, -0.05) is 36.4 Å². The Morgan fingerprint density at radius 1 is 1.29 bits per heavy atom. The smallest absolute Gasteiger partial charge is 0.307 e. The molecule has 21 heavy (non-hydrogen) atoms. The number of ether oxygens (including phenoxy) is 1. The standard InChI is InChI=1S/C14H15NO5S/c15-14(17)13(11-4-2-1-3-5-11)20-12(16)8-10-6-7-21(18,19)9-10/h1-7,10,13H,8-9H2,(H2,15,17). The summed E-state index contributed by atoms with van der Waals surface area (Å²) in [7, 11) is -3.22. The van der Waals surface area contributed by atoms with Crippen molar-refractivity contribution in [1.29, 1.82) is 0 Å². The molecule has 112 valence electrons. The quantitative estimate of drug-likeness (QED) is 0.807. The van der Waals surface area contributed by atoms with Gasteiger partial charge in [-0.15, -0.1) is 0 Å². The van der Waals surface area contributed by atoms with Gasteiger partial charge < -0.3 is 10.5 Å². The Morgan fingerprint density at radius 3 is 2.48 bits per heavy atom. The minimum absolute atomic E-state index is 0.105. The molecule has 0 bridgehead atoms. The van der Waals surface area contributed by atoms with E-state index in [1.165, 1.54) is 6.08 Å². The highest BCUT2D eigenvalue weighted by Gasteiger charge is 2.27. The van der Waals surface area contributed by atoms with Gasteiger partial charge in [0, 0.05) is 16.9 Å². The summed E-state index contributed by atoms with van der Waals surface area (Å²) in [5, 5.41) is 1.09. The van der Waals surface area contributed by atoms with Gasteiger partial charge in [-0.2, -0.15) is 0 Å². The topological polar surface area (TPSA) is 104 Å². The summed E-state index contributed by atoms with van der Waals surface area (Å²) >= 11 is 0. The van der Waals surface area contributed by atoms with Crippen LogP contribution in [-0.4, -0.2) is 26.0 Å². The van der Waals surface area contributed by atoms with Crippen molar-refractivity contribution in [3.63, 3.8) is 0 Å². The number of esters is 1.